The molecule has 1 saturated heterocycles. The van der Waals surface area contributed by atoms with Gasteiger partial charge in [0.2, 0.25) is 0 Å². The SMILES string of the molecule is Cc1ccc(Br)c(C(=O)NCC[C@@H]2CCO[C@H](C)C2)c1. The van der Waals surface area contributed by atoms with Crippen molar-refractivity contribution < 1.29 is 9.53 Å². The molecule has 1 aromatic carbocycles. The van der Waals surface area contributed by atoms with Crippen molar-refractivity contribution in [3.05, 3.63) is 33.8 Å². The second-order valence-electron chi connectivity index (χ2n) is 5.60. The van der Waals surface area contributed by atoms with Crippen LogP contribution in [0.15, 0.2) is 22.7 Å². The van der Waals surface area contributed by atoms with Crippen molar-refractivity contribution >= 4 is 21.8 Å². The van der Waals surface area contributed by atoms with Crippen molar-refractivity contribution in [2.45, 2.75) is 39.2 Å². The van der Waals surface area contributed by atoms with Crippen LogP contribution in [0.25, 0.3) is 0 Å². The second kappa shape index (κ2) is 7.23. The molecule has 1 N–H and O–H groups in total. The fourth-order valence-electron chi connectivity index (χ4n) is 2.65. The van der Waals surface area contributed by atoms with E-state index in [-0.39, 0.29) is 5.91 Å². The van der Waals surface area contributed by atoms with Gasteiger partial charge in [-0.3, -0.25) is 4.79 Å². The summed E-state index contributed by atoms with van der Waals surface area (Å²) < 4.78 is 6.39. The molecule has 1 fully saturated rings. The van der Waals surface area contributed by atoms with Crippen molar-refractivity contribution in [2.75, 3.05) is 13.2 Å². The van der Waals surface area contributed by atoms with Crippen LogP contribution in [0.4, 0.5) is 0 Å². The highest BCUT2D eigenvalue weighted by molar-refractivity contribution is 9.10. The molecule has 0 aromatic heterocycles. The Labute approximate surface area is 129 Å². The lowest BCUT2D eigenvalue weighted by molar-refractivity contribution is 0.00109. The number of carbonyl (C=O) groups is 1. The molecular formula is C16H22BrNO2. The van der Waals surface area contributed by atoms with Crippen LogP contribution in [0, 0.1) is 12.8 Å². The highest BCUT2D eigenvalue weighted by atomic mass is 79.9. The van der Waals surface area contributed by atoms with Gasteiger partial charge in [-0.2, -0.15) is 0 Å². The van der Waals surface area contributed by atoms with Crippen LogP contribution in [0.2, 0.25) is 0 Å². The lowest BCUT2D eigenvalue weighted by Gasteiger charge is -2.27. The molecule has 1 aromatic rings. The summed E-state index contributed by atoms with van der Waals surface area (Å²) >= 11 is 3.43. The first-order valence-corrected chi connectivity index (χ1v) is 8.01. The van der Waals surface area contributed by atoms with E-state index in [1.165, 1.54) is 0 Å². The molecule has 1 aliphatic rings. The third-order valence-corrected chi connectivity index (χ3v) is 4.49. The second-order valence-corrected chi connectivity index (χ2v) is 6.45. The summed E-state index contributed by atoms with van der Waals surface area (Å²) in [4.78, 5) is 12.2. The summed E-state index contributed by atoms with van der Waals surface area (Å²) in [6.07, 6.45) is 3.59. The molecule has 2 atom stereocenters. The Kier molecular flexibility index (Phi) is 5.61. The molecule has 0 bridgehead atoms. The van der Waals surface area contributed by atoms with Gasteiger partial charge < -0.3 is 10.1 Å². The van der Waals surface area contributed by atoms with Crippen molar-refractivity contribution in [2.24, 2.45) is 5.92 Å². The number of rotatable bonds is 4. The van der Waals surface area contributed by atoms with Gasteiger partial charge in [-0.1, -0.05) is 11.6 Å². The van der Waals surface area contributed by atoms with E-state index in [4.69, 9.17) is 4.74 Å². The van der Waals surface area contributed by atoms with Gasteiger partial charge >= 0.3 is 0 Å². The van der Waals surface area contributed by atoms with Crippen LogP contribution in [0.1, 0.15) is 42.1 Å². The van der Waals surface area contributed by atoms with Crippen LogP contribution < -0.4 is 5.32 Å². The van der Waals surface area contributed by atoms with E-state index in [1.807, 2.05) is 25.1 Å². The fourth-order valence-corrected chi connectivity index (χ4v) is 3.08. The maximum Gasteiger partial charge on any atom is 0.252 e. The fraction of sp³-hybridized carbons (Fsp3) is 0.562. The minimum absolute atomic E-state index is 0.000632. The van der Waals surface area contributed by atoms with Gasteiger partial charge in [0, 0.05) is 17.6 Å². The van der Waals surface area contributed by atoms with Crippen molar-refractivity contribution in [1.82, 2.24) is 5.32 Å². The van der Waals surface area contributed by atoms with Crippen LogP contribution >= 0.6 is 15.9 Å². The average Bonchev–Trinajstić information content (AvgIpc) is 2.41. The number of benzene rings is 1. The lowest BCUT2D eigenvalue weighted by Crippen LogP contribution is -2.29. The normalized spacial score (nSPS) is 22.6. The van der Waals surface area contributed by atoms with E-state index in [1.54, 1.807) is 0 Å². The van der Waals surface area contributed by atoms with E-state index >= 15 is 0 Å². The smallest absolute Gasteiger partial charge is 0.252 e. The summed E-state index contributed by atoms with van der Waals surface area (Å²) in [6, 6.07) is 5.82. The minimum Gasteiger partial charge on any atom is -0.378 e. The highest BCUT2D eigenvalue weighted by Crippen LogP contribution is 2.22. The molecule has 1 heterocycles. The molecule has 0 aliphatic carbocycles. The highest BCUT2D eigenvalue weighted by Gasteiger charge is 2.19. The number of hydrogen-bond donors (Lipinski definition) is 1. The Morgan fingerprint density at radius 1 is 1.50 bits per heavy atom. The molecule has 4 heteroatoms. The maximum atomic E-state index is 12.2. The third-order valence-electron chi connectivity index (χ3n) is 3.80. The van der Waals surface area contributed by atoms with Crippen LogP contribution in [-0.2, 0) is 4.74 Å². The molecule has 0 spiro atoms. The molecule has 1 amide bonds. The number of aryl methyl sites for hydroxylation is 1. The van der Waals surface area contributed by atoms with E-state index in [2.05, 4.69) is 28.2 Å². The molecule has 110 valence electrons. The van der Waals surface area contributed by atoms with Gasteiger partial charge in [-0.15, -0.1) is 0 Å². The van der Waals surface area contributed by atoms with Gasteiger partial charge in [-0.25, -0.2) is 0 Å². The Balaban J connectivity index is 1.81. The summed E-state index contributed by atoms with van der Waals surface area (Å²) in [7, 11) is 0. The predicted molar refractivity (Wildman–Crippen MR) is 84.0 cm³/mol. The van der Waals surface area contributed by atoms with Gasteiger partial charge in [-0.05, 0) is 67.1 Å². The minimum atomic E-state index is 0.000632. The number of nitrogens with one attached hydrogen (secondary N) is 1. The maximum absolute atomic E-state index is 12.2. The van der Waals surface area contributed by atoms with Crippen molar-refractivity contribution in [1.29, 1.82) is 0 Å². The van der Waals surface area contributed by atoms with Crippen LogP contribution in [-0.4, -0.2) is 25.2 Å². The number of hydrogen-bond acceptors (Lipinski definition) is 2. The Morgan fingerprint density at radius 3 is 3.05 bits per heavy atom. The summed E-state index contributed by atoms with van der Waals surface area (Å²) in [5.74, 6) is 0.667. The third kappa shape index (κ3) is 4.32. The summed E-state index contributed by atoms with van der Waals surface area (Å²) in [6.45, 7) is 5.70. The molecular weight excluding hydrogens is 318 g/mol. The van der Waals surface area contributed by atoms with Gasteiger partial charge in [0.15, 0.2) is 0 Å². The van der Waals surface area contributed by atoms with Gasteiger partial charge in [0.25, 0.3) is 5.91 Å². The number of carbonyl (C=O) groups excluding carboxylic acids is 1. The van der Waals surface area contributed by atoms with Gasteiger partial charge in [0.05, 0.1) is 11.7 Å². The predicted octanol–water partition coefficient (Wildman–Crippen LogP) is 3.69. The van der Waals surface area contributed by atoms with E-state index in [0.29, 0.717) is 17.6 Å². The topological polar surface area (TPSA) is 38.3 Å². The van der Waals surface area contributed by atoms with Crippen molar-refractivity contribution in [3.63, 3.8) is 0 Å². The molecule has 3 nitrogen and oxygen atoms in total. The Morgan fingerprint density at radius 2 is 2.30 bits per heavy atom. The molecule has 1 aliphatic heterocycles. The van der Waals surface area contributed by atoms with Crippen molar-refractivity contribution in [3.8, 4) is 0 Å². The Bertz CT molecular complexity index is 476. The zero-order valence-electron chi connectivity index (χ0n) is 12.1. The lowest BCUT2D eigenvalue weighted by atomic mass is 9.93. The number of ether oxygens (including phenoxy) is 1. The molecule has 2 rings (SSSR count). The monoisotopic (exact) mass is 339 g/mol. The quantitative estimate of drug-likeness (QED) is 0.908. The van der Waals surface area contributed by atoms with Crippen LogP contribution in [0.3, 0.4) is 0 Å². The largest absolute Gasteiger partial charge is 0.378 e. The van der Waals surface area contributed by atoms with E-state index in [9.17, 15) is 4.79 Å². The summed E-state index contributed by atoms with van der Waals surface area (Å²) in [5, 5.41) is 3.02. The number of halogens is 1. The zero-order valence-corrected chi connectivity index (χ0v) is 13.7. The van der Waals surface area contributed by atoms with Gasteiger partial charge in [0.1, 0.15) is 0 Å². The average molecular weight is 340 g/mol. The van der Waals surface area contributed by atoms with E-state index < -0.39 is 0 Å². The van der Waals surface area contributed by atoms with E-state index in [0.717, 1.165) is 42.5 Å². The first-order valence-electron chi connectivity index (χ1n) is 7.22. The molecule has 0 radical (unpaired) electrons. The summed E-state index contributed by atoms with van der Waals surface area (Å²) in [5.41, 5.74) is 1.81. The first kappa shape index (κ1) is 15.5. The molecule has 0 saturated carbocycles. The Hall–Kier alpha value is -0.870. The standard InChI is InChI=1S/C16H22BrNO2/c1-11-3-4-15(17)14(9-11)16(19)18-7-5-13-6-8-20-12(2)10-13/h3-4,9,12-13H,5-8,10H2,1-2H3,(H,18,19)/t12-,13-/m1/s1. The molecule has 20 heavy (non-hydrogen) atoms. The first-order chi connectivity index (χ1) is 9.56. The van der Waals surface area contributed by atoms with Crippen LogP contribution in [0.5, 0.6) is 0 Å². The molecule has 0 unspecified atom stereocenters. The number of amides is 1. The zero-order chi connectivity index (χ0) is 14.5.